The Balaban J connectivity index is 1.53. The topological polar surface area (TPSA) is 38.3 Å². The first-order chi connectivity index (χ1) is 10.9. The first kappa shape index (κ1) is 16.1. The van der Waals surface area contributed by atoms with E-state index in [1.807, 2.05) is 0 Å². The maximum absolute atomic E-state index is 12.4. The quantitative estimate of drug-likeness (QED) is 0.887. The number of benzene rings is 1. The minimum absolute atomic E-state index is 0.0475. The molecule has 0 radical (unpaired) electrons. The van der Waals surface area contributed by atoms with E-state index in [-0.39, 0.29) is 18.2 Å². The monoisotopic (exact) mass is 327 g/mol. The van der Waals surface area contributed by atoms with Crippen molar-refractivity contribution in [3.05, 3.63) is 29.8 Å². The van der Waals surface area contributed by atoms with Gasteiger partial charge in [0, 0.05) is 18.5 Å². The van der Waals surface area contributed by atoms with Crippen LogP contribution in [0.1, 0.15) is 37.7 Å². The van der Waals surface area contributed by atoms with Crippen LogP contribution in [0, 0.1) is 17.8 Å². The molecule has 1 aromatic rings. The molecule has 126 valence electrons. The number of hydrogen-bond donors (Lipinski definition) is 1. The van der Waals surface area contributed by atoms with Gasteiger partial charge in [-0.15, -0.1) is 13.2 Å². The largest absolute Gasteiger partial charge is 0.573 e. The Morgan fingerprint density at radius 2 is 2.00 bits per heavy atom. The molecule has 6 heteroatoms. The highest BCUT2D eigenvalue weighted by Crippen LogP contribution is 2.49. The van der Waals surface area contributed by atoms with Gasteiger partial charge in [-0.3, -0.25) is 4.79 Å². The van der Waals surface area contributed by atoms with Gasteiger partial charge in [-0.1, -0.05) is 24.6 Å². The summed E-state index contributed by atoms with van der Waals surface area (Å²) in [6, 6.07) is 5.88. The van der Waals surface area contributed by atoms with Crippen molar-refractivity contribution < 1.29 is 22.7 Å². The fourth-order valence-electron chi connectivity index (χ4n) is 4.00. The third kappa shape index (κ3) is 4.18. The molecule has 2 aliphatic carbocycles. The summed E-state index contributed by atoms with van der Waals surface area (Å²) in [7, 11) is 0. The molecule has 2 aliphatic rings. The van der Waals surface area contributed by atoms with Gasteiger partial charge in [0.15, 0.2) is 0 Å². The predicted molar refractivity (Wildman–Crippen MR) is 78.5 cm³/mol. The number of ether oxygens (including phenoxy) is 1. The maximum Gasteiger partial charge on any atom is 0.573 e. The zero-order valence-corrected chi connectivity index (χ0v) is 12.7. The lowest BCUT2D eigenvalue weighted by atomic mass is 9.86. The normalized spacial score (nSPS) is 26.3. The number of para-hydroxylation sites is 1. The number of carbonyl (C=O) groups excluding carboxylic acids is 1. The SMILES string of the molecule is O=C(CC1CC2CCC1C2)NCc1ccccc1OC(F)(F)F. The van der Waals surface area contributed by atoms with Crippen LogP contribution < -0.4 is 10.1 Å². The van der Waals surface area contributed by atoms with Crippen LogP contribution in [0.3, 0.4) is 0 Å². The molecule has 23 heavy (non-hydrogen) atoms. The minimum atomic E-state index is -4.73. The summed E-state index contributed by atoms with van der Waals surface area (Å²) in [5, 5.41) is 2.73. The van der Waals surface area contributed by atoms with Crippen molar-refractivity contribution in [3.8, 4) is 5.75 Å². The summed E-state index contributed by atoms with van der Waals surface area (Å²) >= 11 is 0. The summed E-state index contributed by atoms with van der Waals surface area (Å²) in [6.45, 7) is 0.0475. The van der Waals surface area contributed by atoms with Gasteiger partial charge in [-0.2, -0.15) is 0 Å². The smallest absolute Gasteiger partial charge is 0.405 e. The molecule has 0 spiro atoms. The van der Waals surface area contributed by atoms with E-state index in [9.17, 15) is 18.0 Å². The molecule has 3 rings (SSSR count). The Bertz CT molecular complexity index is 573. The first-order valence-corrected chi connectivity index (χ1v) is 8.01. The van der Waals surface area contributed by atoms with Crippen molar-refractivity contribution in [3.63, 3.8) is 0 Å². The van der Waals surface area contributed by atoms with Gasteiger partial charge < -0.3 is 10.1 Å². The van der Waals surface area contributed by atoms with Gasteiger partial charge >= 0.3 is 6.36 Å². The summed E-state index contributed by atoms with van der Waals surface area (Å²) < 4.78 is 41.1. The Morgan fingerprint density at radius 1 is 1.22 bits per heavy atom. The number of halogens is 3. The number of carbonyl (C=O) groups is 1. The number of nitrogens with one attached hydrogen (secondary N) is 1. The molecular formula is C17H20F3NO2. The van der Waals surface area contributed by atoms with Gasteiger partial charge in [-0.05, 0) is 43.1 Å². The standard InChI is InChI=1S/C17H20F3NO2/c18-17(19,20)23-15-4-2-1-3-13(15)10-21-16(22)9-14-8-11-5-6-12(14)7-11/h1-4,11-12,14H,5-10H2,(H,21,22). The molecular weight excluding hydrogens is 307 g/mol. The summed E-state index contributed by atoms with van der Waals surface area (Å²) in [6.07, 6.45) is 0.592. The van der Waals surface area contributed by atoms with Crippen LogP contribution in [0.2, 0.25) is 0 Å². The lowest BCUT2D eigenvalue weighted by Gasteiger charge is -2.21. The number of fused-ring (bicyclic) bond motifs is 2. The minimum Gasteiger partial charge on any atom is -0.405 e. The van der Waals surface area contributed by atoms with Crippen molar-refractivity contribution >= 4 is 5.91 Å². The highest BCUT2D eigenvalue weighted by atomic mass is 19.4. The summed E-state index contributed by atoms with van der Waals surface area (Å²) in [4.78, 5) is 12.1. The molecule has 0 saturated heterocycles. The average Bonchev–Trinajstić information content (AvgIpc) is 3.07. The zero-order valence-electron chi connectivity index (χ0n) is 12.7. The molecule has 0 aromatic heterocycles. The third-order valence-corrected chi connectivity index (χ3v) is 5.01. The van der Waals surface area contributed by atoms with E-state index in [1.165, 1.54) is 37.5 Å². The predicted octanol–water partition coefficient (Wildman–Crippen LogP) is 4.03. The van der Waals surface area contributed by atoms with E-state index in [2.05, 4.69) is 10.1 Å². The Labute approximate surface area is 133 Å². The molecule has 2 saturated carbocycles. The molecule has 3 unspecified atom stereocenters. The second kappa shape index (κ2) is 6.42. The van der Waals surface area contributed by atoms with Crippen molar-refractivity contribution in [1.29, 1.82) is 0 Å². The number of hydrogen-bond acceptors (Lipinski definition) is 2. The van der Waals surface area contributed by atoms with Gasteiger partial charge in [0.05, 0.1) is 0 Å². The van der Waals surface area contributed by atoms with Crippen LogP contribution in [0.5, 0.6) is 5.75 Å². The Kier molecular flexibility index (Phi) is 4.50. The third-order valence-electron chi connectivity index (χ3n) is 5.01. The van der Waals surface area contributed by atoms with E-state index < -0.39 is 6.36 Å². The van der Waals surface area contributed by atoms with Crippen molar-refractivity contribution in [1.82, 2.24) is 5.32 Å². The van der Waals surface area contributed by atoms with E-state index in [0.29, 0.717) is 23.8 Å². The van der Waals surface area contributed by atoms with Crippen LogP contribution in [-0.2, 0) is 11.3 Å². The van der Waals surface area contributed by atoms with Crippen molar-refractivity contribution in [2.75, 3.05) is 0 Å². The molecule has 3 nitrogen and oxygen atoms in total. The number of alkyl halides is 3. The lowest BCUT2D eigenvalue weighted by Crippen LogP contribution is -2.27. The van der Waals surface area contributed by atoms with Crippen LogP contribution in [0.4, 0.5) is 13.2 Å². The maximum atomic E-state index is 12.4. The molecule has 2 fully saturated rings. The van der Waals surface area contributed by atoms with Crippen LogP contribution in [0.15, 0.2) is 24.3 Å². The Hall–Kier alpha value is -1.72. The molecule has 1 N–H and O–H groups in total. The first-order valence-electron chi connectivity index (χ1n) is 8.01. The summed E-state index contributed by atoms with van der Waals surface area (Å²) in [5.41, 5.74) is 0.325. The molecule has 0 aliphatic heterocycles. The second-order valence-corrected chi connectivity index (χ2v) is 6.57. The van der Waals surface area contributed by atoms with E-state index in [4.69, 9.17) is 0 Å². The Morgan fingerprint density at radius 3 is 2.65 bits per heavy atom. The van der Waals surface area contributed by atoms with Crippen LogP contribution in [0.25, 0.3) is 0 Å². The van der Waals surface area contributed by atoms with Crippen molar-refractivity contribution in [2.45, 2.75) is 45.0 Å². The van der Waals surface area contributed by atoms with Gasteiger partial charge in [0.25, 0.3) is 0 Å². The average molecular weight is 327 g/mol. The van der Waals surface area contributed by atoms with Gasteiger partial charge in [0.2, 0.25) is 5.91 Å². The van der Waals surface area contributed by atoms with Gasteiger partial charge in [0.1, 0.15) is 5.75 Å². The highest BCUT2D eigenvalue weighted by molar-refractivity contribution is 5.76. The lowest BCUT2D eigenvalue weighted by molar-refractivity contribution is -0.274. The number of amides is 1. The zero-order chi connectivity index (χ0) is 16.4. The highest BCUT2D eigenvalue weighted by Gasteiger charge is 2.40. The van der Waals surface area contributed by atoms with Crippen LogP contribution >= 0.6 is 0 Å². The second-order valence-electron chi connectivity index (χ2n) is 6.57. The molecule has 0 heterocycles. The van der Waals surface area contributed by atoms with Gasteiger partial charge in [-0.25, -0.2) is 0 Å². The van der Waals surface area contributed by atoms with E-state index >= 15 is 0 Å². The molecule has 1 amide bonds. The molecule has 3 atom stereocenters. The van der Waals surface area contributed by atoms with Crippen LogP contribution in [-0.4, -0.2) is 12.3 Å². The van der Waals surface area contributed by atoms with Crippen molar-refractivity contribution in [2.24, 2.45) is 17.8 Å². The van der Waals surface area contributed by atoms with E-state index in [1.54, 1.807) is 6.07 Å². The molecule has 2 bridgehead atoms. The fourth-order valence-corrected chi connectivity index (χ4v) is 4.00. The number of rotatable bonds is 5. The van der Waals surface area contributed by atoms with E-state index in [0.717, 1.165) is 12.3 Å². The fraction of sp³-hybridized carbons (Fsp3) is 0.588. The summed E-state index contributed by atoms with van der Waals surface area (Å²) in [5.74, 6) is 1.52. The molecule has 1 aromatic carbocycles.